The molecule has 2 aliphatic rings. The van der Waals surface area contributed by atoms with Crippen LogP contribution in [0.25, 0.3) is 16.4 Å². The Kier molecular flexibility index (Phi) is 5.02. The summed E-state index contributed by atoms with van der Waals surface area (Å²) < 4.78 is 43.2. The van der Waals surface area contributed by atoms with E-state index in [0.29, 0.717) is 10.5 Å². The second-order valence-corrected chi connectivity index (χ2v) is 12.3. The van der Waals surface area contributed by atoms with Crippen molar-refractivity contribution in [3.05, 3.63) is 42.0 Å². The Morgan fingerprint density at radius 3 is 2.50 bits per heavy atom. The predicted octanol–water partition coefficient (Wildman–Crippen LogP) is 3.47. The summed E-state index contributed by atoms with van der Waals surface area (Å²) in [5.74, 6) is -0.0654. The smallest absolute Gasteiger partial charge is 0.254 e. The average molecular weight is 471 g/mol. The van der Waals surface area contributed by atoms with E-state index < -0.39 is 25.5 Å². The molecule has 7 nitrogen and oxygen atoms in total. The Morgan fingerprint density at radius 2 is 1.87 bits per heavy atom. The van der Waals surface area contributed by atoms with Gasteiger partial charge in [0.2, 0.25) is 5.89 Å². The summed E-state index contributed by atoms with van der Waals surface area (Å²) in [4.78, 5) is 0.637. The zero-order valence-corrected chi connectivity index (χ0v) is 18.8. The molecule has 160 valence electrons. The van der Waals surface area contributed by atoms with Crippen LogP contribution in [-0.4, -0.2) is 51.1 Å². The number of nitrogens with zero attached hydrogens (tertiary/aromatic N) is 2. The van der Waals surface area contributed by atoms with Crippen molar-refractivity contribution in [2.45, 2.75) is 41.7 Å². The molecule has 2 aliphatic heterocycles. The number of benzene rings is 1. The Hall–Kier alpha value is -1.91. The van der Waals surface area contributed by atoms with E-state index in [2.05, 4.69) is 15.5 Å². The summed E-state index contributed by atoms with van der Waals surface area (Å²) in [5.41, 5.74) is -0.360. The number of allylic oxidation sites excluding steroid dienone is 1. The van der Waals surface area contributed by atoms with Crippen molar-refractivity contribution in [3.8, 4) is 11.5 Å². The molecule has 0 aliphatic carbocycles. The quantitative estimate of drug-likeness (QED) is 0.661. The molecular weight excluding hydrogens is 451 g/mol. The third kappa shape index (κ3) is 3.44. The molecule has 1 aromatic heterocycles. The van der Waals surface area contributed by atoms with Crippen molar-refractivity contribution in [1.29, 1.82) is 5.41 Å². The molecule has 1 fully saturated rings. The van der Waals surface area contributed by atoms with Crippen molar-refractivity contribution in [1.82, 2.24) is 15.5 Å². The fourth-order valence-corrected chi connectivity index (χ4v) is 7.26. The molecule has 1 saturated heterocycles. The van der Waals surface area contributed by atoms with Crippen molar-refractivity contribution in [2.24, 2.45) is 0 Å². The first-order chi connectivity index (χ1) is 13.9. The summed E-state index contributed by atoms with van der Waals surface area (Å²) >= 11 is 7.91. The number of amidine groups is 1. The van der Waals surface area contributed by atoms with E-state index in [1.807, 2.05) is 0 Å². The molecule has 4 rings (SSSR count). The van der Waals surface area contributed by atoms with E-state index in [1.165, 1.54) is 37.7 Å². The fraction of sp³-hybridized carbons (Fsp3) is 0.421. The van der Waals surface area contributed by atoms with Crippen molar-refractivity contribution < 1.29 is 17.2 Å². The highest BCUT2D eigenvalue weighted by molar-refractivity contribution is 8.09. The highest BCUT2D eigenvalue weighted by atomic mass is 35.5. The molecule has 2 N–H and O–H groups in total. The topological polar surface area (TPSA) is 109 Å². The lowest BCUT2D eigenvalue weighted by Crippen LogP contribution is -2.69. The van der Waals surface area contributed by atoms with Gasteiger partial charge in [-0.15, -0.1) is 33.6 Å². The molecule has 11 heteroatoms. The summed E-state index contributed by atoms with van der Waals surface area (Å²) in [6, 6.07) is 5.70. The van der Waals surface area contributed by atoms with Crippen LogP contribution in [0.15, 0.2) is 34.8 Å². The number of thioether (sulfide) groups is 1. The van der Waals surface area contributed by atoms with Gasteiger partial charge >= 0.3 is 0 Å². The standard InChI is InChI=1S/C19H20ClFN4O3S2/c1-18(2)17(22)23-19(3,9-30(18,26)27)14-12(20)8-13(29-14)16-25-24-15(28-16)10-4-6-11(21)7-5-10/h4-8,12,14H,9H2,1-3H3,(H2,22,23)/t12?,14?,19-/m0/s1. The number of hydrogen-bond acceptors (Lipinski definition) is 7. The lowest BCUT2D eigenvalue weighted by Gasteiger charge is -2.46. The summed E-state index contributed by atoms with van der Waals surface area (Å²) in [7, 11) is -3.56. The first-order valence-corrected chi connectivity index (χ1v) is 12.1. The van der Waals surface area contributed by atoms with Gasteiger partial charge in [0.15, 0.2) is 9.84 Å². The van der Waals surface area contributed by atoms with Crippen molar-refractivity contribution in [2.75, 3.05) is 5.75 Å². The van der Waals surface area contributed by atoms with Crippen LogP contribution in [0.1, 0.15) is 26.7 Å². The molecule has 3 atom stereocenters. The highest BCUT2D eigenvalue weighted by Crippen LogP contribution is 2.47. The van der Waals surface area contributed by atoms with Gasteiger partial charge in [0, 0.05) is 5.56 Å². The minimum atomic E-state index is -3.56. The number of sulfone groups is 1. The monoisotopic (exact) mass is 470 g/mol. The number of aromatic nitrogens is 2. The maximum Gasteiger partial charge on any atom is 0.254 e. The Morgan fingerprint density at radius 1 is 1.23 bits per heavy atom. The summed E-state index contributed by atoms with van der Waals surface area (Å²) in [6.45, 7) is 4.81. The molecule has 2 unspecified atom stereocenters. The van der Waals surface area contributed by atoms with Crippen LogP contribution in [0, 0.1) is 11.2 Å². The first-order valence-electron chi connectivity index (χ1n) is 9.15. The minimum Gasteiger partial charge on any atom is -0.416 e. The van der Waals surface area contributed by atoms with Crippen molar-refractivity contribution >= 4 is 43.9 Å². The lowest BCUT2D eigenvalue weighted by atomic mass is 9.95. The Balaban J connectivity index is 1.57. The highest BCUT2D eigenvalue weighted by Gasteiger charge is 2.55. The summed E-state index contributed by atoms with van der Waals surface area (Å²) in [6.07, 6.45) is 1.75. The normalized spacial score (nSPS) is 30.0. The molecule has 1 aromatic carbocycles. The van der Waals surface area contributed by atoms with Gasteiger partial charge < -0.3 is 9.73 Å². The molecule has 30 heavy (non-hydrogen) atoms. The van der Waals surface area contributed by atoms with Gasteiger partial charge in [-0.05, 0) is 51.1 Å². The van der Waals surface area contributed by atoms with Gasteiger partial charge in [-0.25, -0.2) is 12.8 Å². The minimum absolute atomic E-state index is 0.0504. The second kappa shape index (κ2) is 7.06. The number of halogens is 2. The predicted molar refractivity (Wildman–Crippen MR) is 116 cm³/mol. The van der Waals surface area contributed by atoms with E-state index in [1.54, 1.807) is 25.1 Å². The van der Waals surface area contributed by atoms with Gasteiger partial charge in [-0.3, -0.25) is 5.41 Å². The molecule has 0 amide bonds. The molecule has 0 spiro atoms. The molecular formula is C19H20ClFN4O3S2. The Bertz CT molecular complexity index is 1150. The van der Waals surface area contributed by atoms with Gasteiger partial charge in [-0.2, -0.15) is 0 Å². The van der Waals surface area contributed by atoms with Crippen LogP contribution in [0.2, 0.25) is 0 Å². The van der Waals surface area contributed by atoms with E-state index in [9.17, 15) is 12.8 Å². The molecule has 0 saturated carbocycles. The fourth-order valence-electron chi connectivity index (χ4n) is 3.46. The number of alkyl halides is 1. The van der Waals surface area contributed by atoms with E-state index in [0.717, 1.165) is 0 Å². The largest absolute Gasteiger partial charge is 0.416 e. The molecule has 2 aromatic rings. The third-order valence-electron chi connectivity index (χ3n) is 5.49. The van der Waals surface area contributed by atoms with Crippen molar-refractivity contribution in [3.63, 3.8) is 0 Å². The van der Waals surface area contributed by atoms with E-state index >= 15 is 0 Å². The van der Waals surface area contributed by atoms with Gasteiger partial charge in [-0.1, -0.05) is 0 Å². The number of nitrogens with one attached hydrogen (secondary N) is 2. The molecule has 3 heterocycles. The van der Waals surface area contributed by atoms with Crippen LogP contribution in [0.4, 0.5) is 4.39 Å². The lowest BCUT2D eigenvalue weighted by molar-refractivity contribution is 0.417. The third-order valence-corrected chi connectivity index (χ3v) is 10.4. The molecule has 0 bridgehead atoms. The zero-order chi connectivity index (χ0) is 21.9. The average Bonchev–Trinajstić information content (AvgIpc) is 3.27. The van der Waals surface area contributed by atoms with Crippen LogP contribution < -0.4 is 5.32 Å². The Labute approximate surface area is 182 Å². The number of rotatable bonds is 3. The van der Waals surface area contributed by atoms with Gasteiger partial charge in [0.25, 0.3) is 5.89 Å². The van der Waals surface area contributed by atoms with Crippen LogP contribution in [0.5, 0.6) is 0 Å². The van der Waals surface area contributed by atoms with Gasteiger partial charge in [0.05, 0.1) is 26.8 Å². The van der Waals surface area contributed by atoms with E-state index in [4.69, 9.17) is 21.4 Å². The van der Waals surface area contributed by atoms with Crippen LogP contribution >= 0.6 is 23.4 Å². The zero-order valence-electron chi connectivity index (χ0n) is 16.4. The van der Waals surface area contributed by atoms with Crippen LogP contribution in [-0.2, 0) is 9.84 Å². The van der Waals surface area contributed by atoms with Crippen LogP contribution in [0.3, 0.4) is 0 Å². The first kappa shape index (κ1) is 21.3. The van der Waals surface area contributed by atoms with E-state index in [-0.39, 0.29) is 34.4 Å². The summed E-state index contributed by atoms with van der Waals surface area (Å²) in [5, 5.41) is 18.5. The maximum atomic E-state index is 13.1. The van der Waals surface area contributed by atoms with Gasteiger partial charge in [0.1, 0.15) is 16.4 Å². The number of hydrogen-bond donors (Lipinski definition) is 2. The molecule has 0 radical (unpaired) electrons. The second-order valence-electron chi connectivity index (χ2n) is 8.12. The maximum absolute atomic E-state index is 13.1. The SMILES string of the molecule is CC1(C)C(=N)N[C@](C)(C2SC(c3nnc(-c4ccc(F)cc4)o3)=CC2Cl)CS1(=O)=O.